The minimum Gasteiger partial charge on any atom is -0.394 e. The van der Waals surface area contributed by atoms with Crippen molar-refractivity contribution in [3.8, 4) is 5.69 Å². The SMILES string of the molecule is CCc1nn(-c2c(Cl)cc(C(F)(F)F)cc2Cl)c(CC)c1CN1Cc2ccccc2CC1COCCO. The molecule has 1 N–H and O–H groups in total. The van der Waals surface area contributed by atoms with Crippen molar-refractivity contribution in [3.05, 3.63) is 80.1 Å². The molecule has 2 heterocycles. The van der Waals surface area contributed by atoms with Gasteiger partial charge in [0, 0.05) is 30.4 Å². The van der Waals surface area contributed by atoms with Gasteiger partial charge in [-0.3, -0.25) is 4.90 Å². The van der Waals surface area contributed by atoms with Gasteiger partial charge in [-0.2, -0.15) is 18.3 Å². The van der Waals surface area contributed by atoms with Crippen LogP contribution in [0.1, 0.15) is 47.5 Å². The van der Waals surface area contributed by atoms with Crippen LogP contribution in [0.25, 0.3) is 5.69 Å². The van der Waals surface area contributed by atoms with Gasteiger partial charge in [0.05, 0.1) is 41.1 Å². The number of fused-ring (bicyclic) bond motifs is 1. The summed E-state index contributed by atoms with van der Waals surface area (Å²) in [5, 5.41) is 13.7. The lowest BCUT2D eigenvalue weighted by Crippen LogP contribution is -2.43. The van der Waals surface area contributed by atoms with E-state index in [4.69, 9.17) is 33.0 Å². The summed E-state index contributed by atoms with van der Waals surface area (Å²) in [6.45, 7) is 6.00. The molecular formula is C27H30Cl2F3N3O2. The van der Waals surface area contributed by atoms with Crippen LogP contribution >= 0.6 is 23.2 Å². The fourth-order valence-corrected chi connectivity index (χ4v) is 5.61. The standard InChI is InChI=1S/C27H30Cl2F3N3O2/c1-3-24-21(15-34-14-18-8-6-5-7-17(18)11-20(34)16-37-10-9-36)25(4-2)35(33-24)26-22(28)12-19(13-23(26)29)27(30,31)32/h5-8,12-13,20,36H,3-4,9-11,14-16H2,1-2H3. The van der Waals surface area contributed by atoms with Gasteiger partial charge in [0.2, 0.25) is 0 Å². The number of hydrogen-bond donors (Lipinski definition) is 1. The third-order valence-corrected chi connectivity index (χ3v) is 7.35. The van der Waals surface area contributed by atoms with E-state index in [0.717, 1.165) is 42.0 Å². The average Bonchev–Trinajstić information content (AvgIpc) is 3.20. The molecule has 0 aliphatic carbocycles. The van der Waals surface area contributed by atoms with Crippen LogP contribution in [0.5, 0.6) is 0 Å². The largest absolute Gasteiger partial charge is 0.416 e. The van der Waals surface area contributed by atoms with Crippen LogP contribution in [0.3, 0.4) is 0 Å². The molecule has 0 radical (unpaired) electrons. The number of ether oxygens (including phenoxy) is 1. The number of aliphatic hydroxyl groups excluding tert-OH is 1. The second-order valence-electron chi connectivity index (χ2n) is 9.11. The maximum Gasteiger partial charge on any atom is 0.416 e. The smallest absolute Gasteiger partial charge is 0.394 e. The molecule has 200 valence electrons. The zero-order chi connectivity index (χ0) is 26.7. The lowest BCUT2D eigenvalue weighted by Gasteiger charge is -2.37. The highest BCUT2D eigenvalue weighted by atomic mass is 35.5. The van der Waals surface area contributed by atoms with Crippen LogP contribution in [0.4, 0.5) is 13.2 Å². The first kappa shape index (κ1) is 27.9. The molecule has 0 amide bonds. The minimum absolute atomic E-state index is 0.0370. The molecule has 0 saturated heterocycles. The number of aliphatic hydroxyl groups is 1. The predicted octanol–water partition coefficient (Wildman–Crippen LogP) is 6.26. The van der Waals surface area contributed by atoms with Gasteiger partial charge in [-0.25, -0.2) is 4.68 Å². The molecule has 4 rings (SSSR count). The van der Waals surface area contributed by atoms with Crippen LogP contribution in [0.15, 0.2) is 36.4 Å². The van der Waals surface area contributed by atoms with Gasteiger partial charge in [0.1, 0.15) is 5.69 Å². The van der Waals surface area contributed by atoms with Gasteiger partial charge in [0.25, 0.3) is 0 Å². The molecule has 1 unspecified atom stereocenters. The first-order valence-electron chi connectivity index (χ1n) is 12.3. The van der Waals surface area contributed by atoms with Gasteiger partial charge in [-0.15, -0.1) is 0 Å². The number of hydrogen-bond acceptors (Lipinski definition) is 4. The second kappa shape index (κ2) is 11.7. The molecule has 1 aromatic heterocycles. The molecule has 1 atom stereocenters. The van der Waals surface area contributed by atoms with E-state index in [-0.39, 0.29) is 35.0 Å². The number of halogens is 5. The van der Waals surface area contributed by atoms with E-state index in [2.05, 4.69) is 17.0 Å². The molecule has 10 heteroatoms. The minimum atomic E-state index is -4.55. The van der Waals surface area contributed by atoms with E-state index in [9.17, 15) is 18.3 Å². The van der Waals surface area contributed by atoms with Crippen LogP contribution in [0.2, 0.25) is 10.0 Å². The summed E-state index contributed by atoms with van der Waals surface area (Å²) >= 11 is 12.7. The van der Waals surface area contributed by atoms with E-state index in [1.165, 1.54) is 11.1 Å². The van der Waals surface area contributed by atoms with Crippen LogP contribution < -0.4 is 0 Å². The van der Waals surface area contributed by atoms with Gasteiger partial charge < -0.3 is 9.84 Å². The molecule has 1 aliphatic heterocycles. The number of aryl methyl sites for hydroxylation is 1. The van der Waals surface area contributed by atoms with E-state index < -0.39 is 11.7 Å². The highest BCUT2D eigenvalue weighted by Gasteiger charge is 2.33. The summed E-state index contributed by atoms with van der Waals surface area (Å²) < 4.78 is 47.2. The Hall–Kier alpha value is -2.10. The third kappa shape index (κ3) is 5.99. The number of benzene rings is 2. The topological polar surface area (TPSA) is 50.5 Å². The molecule has 5 nitrogen and oxygen atoms in total. The summed E-state index contributed by atoms with van der Waals surface area (Å²) in [4.78, 5) is 2.34. The van der Waals surface area contributed by atoms with Crippen molar-refractivity contribution in [2.24, 2.45) is 0 Å². The monoisotopic (exact) mass is 555 g/mol. The van der Waals surface area contributed by atoms with Crippen LogP contribution in [-0.4, -0.2) is 45.6 Å². The molecule has 1 aliphatic rings. The Morgan fingerprint density at radius 2 is 1.76 bits per heavy atom. The molecule has 0 fully saturated rings. The van der Waals surface area contributed by atoms with Crippen LogP contribution in [0, 0.1) is 0 Å². The maximum absolute atomic E-state index is 13.3. The Kier molecular flexibility index (Phi) is 8.86. The Morgan fingerprint density at radius 3 is 2.35 bits per heavy atom. The third-order valence-electron chi connectivity index (χ3n) is 6.77. The number of nitrogens with zero attached hydrogens (tertiary/aromatic N) is 3. The predicted molar refractivity (Wildman–Crippen MR) is 138 cm³/mol. The fourth-order valence-electron chi connectivity index (χ4n) is 4.96. The van der Waals surface area contributed by atoms with Gasteiger partial charge in [0.15, 0.2) is 0 Å². The van der Waals surface area contributed by atoms with Crippen molar-refractivity contribution in [2.75, 3.05) is 19.8 Å². The van der Waals surface area contributed by atoms with Gasteiger partial charge in [-0.05, 0) is 42.5 Å². The first-order valence-corrected chi connectivity index (χ1v) is 13.1. The Labute approximate surface area is 224 Å². The average molecular weight is 556 g/mol. The molecule has 0 spiro atoms. The first-order chi connectivity index (χ1) is 17.7. The maximum atomic E-state index is 13.3. The van der Waals surface area contributed by atoms with Crippen molar-refractivity contribution < 1.29 is 23.0 Å². The molecule has 37 heavy (non-hydrogen) atoms. The van der Waals surface area contributed by atoms with Crippen molar-refractivity contribution in [1.29, 1.82) is 0 Å². The lowest BCUT2D eigenvalue weighted by atomic mass is 9.93. The highest BCUT2D eigenvalue weighted by molar-refractivity contribution is 6.37. The molecular weight excluding hydrogens is 526 g/mol. The molecule has 0 saturated carbocycles. The zero-order valence-corrected chi connectivity index (χ0v) is 22.3. The zero-order valence-electron chi connectivity index (χ0n) is 20.8. The Balaban J connectivity index is 1.73. The van der Waals surface area contributed by atoms with E-state index in [0.29, 0.717) is 26.0 Å². The van der Waals surface area contributed by atoms with E-state index in [1.54, 1.807) is 4.68 Å². The quantitative estimate of drug-likeness (QED) is 0.317. The van der Waals surface area contributed by atoms with Crippen molar-refractivity contribution in [1.82, 2.24) is 14.7 Å². The molecule has 2 aromatic carbocycles. The van der Waals surface area contributed by atoms with Crippen molar-refractivity contribution >= 4 is 23.2 Å². The summed E-state index contributed by atoms with van der Waals surface area (Å²) in [5.74, 6) is 0. The lowest BCUT2D eigenvalue weighted by molar-refractivity contribution is -0.137. The molecule has 0 bridgehead atoms. The second-order valence-corrected chi connectivity index (χ2v) is 9.92. The normalized spacial score (nSPS) is 16.3. The molecule has 3 aromatic rings. The summed E-state index contributed by atoms with van der Waals surface area (Å²) in [7, 11) is 0. The van der Waals surface area contributed by atoms with Gasteiger partial charge >= 0.3 is 6.18 Å². The van der Waals surface area contributed by atoms with E-state index >= 15 is 0 Å². The Bertz CT molecular complexity index is 1220. The summed E-state index contributed by atoms with van der Waals surface area (Å²) in [6.07, 6.45) is -2.51. The van der Waals surface area contributed by atoms with Crippen molar-refractivity contribution in [2.45, 2.75) is 58.4 Å². The highest BCUT2D eigenvalue weighted by Crippen LogP contribution is 2.39. The Morgan fingerprint density at radius 1 is 1.08 bits per heavy atom. The number of aromatic nitrogens is 2. The van der Waals surface area contributed by atoms with E-state index in [1.807, 2.05) is 26.0 Å². The van der Waals surface area contributed by atoms with Crippen molar-refractivity contribution in [3.63, 3.8) is 0 Å². The summed E-state index contributed by atoms with van der Waals surface area (Å²) in [5.41, 5.74) is 4.60. The fraction of sp³-hybridized carbons (Fsp3) is 0.444. The summed E-state index contributed by atoms with van der Waals surface area (Å²) in [6, 6.07) is 10.2. The van der Waals surface area contributed by atoms with Gasteiger partial charge in [-0.1, -0.05) is 61.3 Å². The number of rotatable bonds is 9. The van der Waals surface area contributed by atoms with Crippen LogP contribution in [-0.2, 0) is 43.3 Å². The number of alkyl halides is 3.